The lowest BCUT2D eigenvalue weighted by Gasteiger charge is -2.28. The Morgan fingerprint density at radius 3 is 2.73 bits per heavy atom. The number of fused-ring (bicyclic) bond motifs is 1. The second kappa shape index (κ2) is 8.45. The van der Waals surface area contributed by atoms with Crippen LogP contribution in [0, 0.1) is 0 Å². The van der Waals surface area contributed by atoms with Gasteiger partial charge in [0.05, 0.1) is 26.1 Å². The van der Waals surface area contributed by atoms with Gasteiger partial charge in [0.25, 0.3) is 0 Å². The van der Waals surface area contributed by atoms with Crippen LogP contribution in [0.2, 0.25) is 0 Å². The molecule has 0 saturated carbocycles. The van der Waals surface area contributed by atoms with Gasteiger partial charge in [-0.2, -0.15) is 4.99 Å². The number of carbonyl (C=O) groups is 1. The summed E-state index contributed by atoms with van der Waals surface area (Å²) >= 11 is 0. The fourth-order valence-electron chi connectivity index (χ4n) is 4.25. The van der Waals surface area contributed by atoms with Crippen LogP contribution < -0.4 is 20.5 Å². The van der Waals surface area contributed by atoms with Crippen molar-refractivity contribution in [2.45, 2.75) is 24.9 Å². The maximum Gasteiger partial charge on any atom is 0.240 e. The molecule has 2 aliphatic heterocycles. The number of methoxy groups -OCH3 is 2. The minimum Gasteiger partial charge on any atom is -0.497 e. The Balaban J connectivity index is 1.42. The molecule has 5 rings (SSSR count). The van der Waals surface area contributed by atoms with Crippen molar-refractivity contribution in [1.29, 1.82) is 0 Å². The highest BCUT2D eigenvalue weighted by Crippen LogP contribution is 2.28. The lowest BCUT2D eigenvalue weighted by Crippen LogP contribution is -2.45. The van der Waals surface area contributed by atoms with Crippen molar-refractivity contribution >= 4 is 23.5 Å². The van der Waals surface area contributed by atoms with Crippen molar-refractivity contribution < 1.29 is 14.3 Å². The number of carbonyl (C=O) groups excluding carboxylic acids is 1. The third-order valence-electron chi connectivity index (χ3n) is 5.93. The summed E-state index contributed by atoms with van der Waals surface area (Å²) in [6.07, 6.45) is 11.1. The van der Waals surface area contributed by atoms with Gasteiger partial charge >= 0.3 is 0 Å². The van der Waals surface area contributed by atoms with Crippen molar-refractivity contribution in [2.24, 2.45) is 15.7 Å². The molecule has 1 fully saturated rings. The van der Waals surface area contributed by atoms with Crippen LogP contribution in [0.5, 0.6) is 11.5 Å². The zero-order valence-electron chi connectivity index (χ0n) is 18.4. The number of aliphatic imine (C=N–C) groups is 2. The molecule has 2 atom stereocenters. The Bertz CT molecular complexity index is 1190. The normalized spacial score (nSPS) is 21.3. The van der Waals surface area contributed by atoms with Gasteiger partial charge in [-0.15, -0.1) is 0 Å². The zero-order valence-corrected chi connectivity index (χ0v) is 18.4. The van der Waals surface area contributed by atoms with E-state index in [1.807, 2.05) is 52.1 Å². The second-order valence-corrected chi connectivity index (χ2v) is 7.96. The molecule has 3 aliphatic rings. The second-order valence-electron chi connectivity index (χ2n) is 7.96. The van der Waals surface area contributed by atoms with E-state index in [9.17, 15) is 4.79 Å². The standard InChI is InChI=1S/C23H25N7O3/c1-32-15-9-14(10-16(11-15)33-2)29-12-20(25-13-29)27-22-17-5-3-6-18(17)26-23(28-22)30-8-4-7-19(30)21(24)31/h3,5-6,9-13,18-19H,4,7-8H2,1-2H3,(H2,24,31)(H,26,27,28)/t18?,19-/m0/s1. The lowest BCUT2D eigenvalue weighted by atomic mass is 10.1. The van der Waals surface area contributed by atoms with Gasteiger partial charge in [0.15, 0.2) is 0 Å². The summed E-state index contributed by atoms with van der Waals surface area (Å²) in [5.41, 5.74) is 7.40. The number of anilines is 1. The van der Waals surface area contributed by atoms with Gasteiger partial charge in [-0.1, -0.05) is 18.2 Å². The summed E-state index contributed by atoms with van der Waals surface area (Å²) in [4.78, 5) is 27.8. The Morgan fingerprint density at radius 1 is 1.21 bits per heavy atom. The van der Waals surface area contributed by atoms with Crippen molar-refractivity contribution in [1.82, 2.24) is 14.5 Å². The third-order valence-corrected chi connectivity index (χ3v) is 5.93. The first-order valence-corrected chi connectivity index (χ1v) is 10.7. The largest absolute Gasteiger partial charge is 0.497 e. The summed E-state index contributed by atoms with van der Waals surface area (Å²) in [7, 11) is 3.23. The van der Waals surface area contributed by atoms with Crippen LogP contribution in [0.4, 0.5) is 5.82 Å². The molecule has 1 unspecified atom stereocenters. The molecule has 3 heterocycles. The Hall–Kier alpha value is -4.08. The van der Waals surface area contributed by atoms with Gasteiger partial charge < -0.3 is 30.0 Å². The number of allylic oxidation sites excluding steroid dienone is 2. The maximum atomic E-state index is 11.9. The van der Waals surface area contributed by atoms with E-state index in [-0.39, 0.29) is 18.0 Å². The van der Waals surface area contributed by atoms with Gasteiger partial charge in [-0.05, 0) is 12.8 Å². The number of hydrogen-bond donors (Lipinski definition) is 2. The van der Waals surface area contributed by atoms with Crippen LogP contribution in [-0.2, 0) is 4.79 Å². The quantitative estimate of drug-likeness (QED) is 0.722. The summed E-state index contributed by atoms with van der Waals surface area (Å²) in [6, 6.07) is 5.07. The van der Waals surface area contributed by atoms with Crippen LogP contribution >= 0.6 is 0 Å². The topological polar surface area (TPSA) is 119 Å². The average Bonchev–Trinajstić information content (AvgIpc) is 3.58. The molecule has 3 N–H and O–H groups in total. The molecular formula is C23H25N7O3. The molecule has 1 aromatic heterocycles. The van der Waals surface area contributed by atoms with E-state index in [1.165, 1.54) is 0 Å². The number of primary amides is 1. The number of nitrogens with two attached hydrogens (primary N) is 1. The molecule has 10 nitrogen and oxygen atoms in total. The molecule has 1 amide bonds. The van der Waals surface area contributed by atoms with Crippen LogP contribution in [0.3, 0.4) is 0 Å². The van der Waals surface area contributed by atoms with Crippen molar-refractivity contribution in [3.8, 4) is 17.2 Å². The first-order valence-electron chi connectivity index (χ1n) is 10.7. The highest BCUT2D eigenvalue weighted by molar-refractivity contribution is 6.16. The van der Waals surface area contributed by atoms with Crippen LogP contribution in [0.15, 0.2) is 64.5 Å². The van der Waals surface area contributed by atoms with Crippen molar-refractivity contribution in [3.63, 3.8) is 0 Å². The molecule has 33 heavy (non-hydrogen) atoms. The number of amidine groups is 1. The molecule has 10 heteroatoms. The number of guanidine groups is 1. The Kier molecular flexibility index (Phi) is 5.33. The highest BCUT2D eigenvalue weighted by atomic mass is 16.5. The lowest BCUT2D eigenvalue weighted by molar-refractivity contribution is -0.121. The molecule has 1 aromatic carbocycles. The van der Waals surface area contributed by atoms with Crippen molar-refractivity contribution in [3.05, 3.63) is 54.5 Å². The average molecular weight is 447 g/mol. The first-order chi connectivity index (χ1) is 16.1. The minimum atomic E-state index is -0.382. The molecule has 0 radical (unpaired) electrons. The van der Waals surface area contributed by atoms with Gasteiger partial charge in [0.2, 0.25) is 11.9 Å². The summed E-state index contributed by atoms with van der Waals surface area (Å²) in [6.45, 7) is 0.699. The van der Waals surface area contributed by atoms with Crippen LogP contribution in [0.1, 0.15) is 12.8 Å². The molecule has 0 bridgehead atoms. The number of likely N-dealkylation sites (tertiary alicyclic amines) is 1. The van der Waals surface area contributed by atoms with Gasteiger partial charge in [0.1, 0.15) is 41.6 Å². The van der Waals surface area contributed by atoms with Gasteiger partial charge in [-0.25, -0.2) is 9.98 Å². The van der Waals surface area contributed by atoms with E-state index in [0.29, 0.717) is 42.1 Å². The SMILES string of the molecule is COc1cc(OC)cc(-n2cnc(NC3=NC(N4CCC[C@H]4C(N)=O)=NC4C=CC=C34)c2)c1. The summed E-state index contributed by atoms with van der Waals surface area (Å²) in [5.74, 6) is 2.81. The maximum absolute atomic E-state index is 11.9. The van der Waals surface area contributed by atoms with Gasteiger partial charge in [-0.3, -0.25) is 4.79 Å². The van der Waals surface area contributed by atoms with Gasteiger partial charge in [0, 0.05) is 30.3 Å². The number of benzene rings is 1. The highest BCUT2D eigenvalue weighted by Gasteiger charge is 2.35. The molecule has 1 saturated heterocycles. The van der Waals surface area contributed by atoms with E-state index < -0.39 is 0 Å². The fourth-order valence-corrected chi connectivity index (χ4v) is 4.25. The molecule has 0 spiro atoms. The van der Waals surface area contributed by atoms with E-state index in [2.05, 4.69) is 10.3 Å². The summed E-state index contributed by atoms with van der Waals surface area (Å²) < 4.78 is 12.6. The smallest absolute Gasteiger partial charge is 0.240 e. The zero-order chi connectivity index (χ0) is 22.9. The molecule has 2 aromatic rings. The number of rotatable bonds is 5. The van der Waals surface area contributed by atoms with Crippen LogP contribution in [0.25, 0.3) is 5.69 Å². The number of ether oxygens (including phenoxy) is 2. The van der Waals surface area contributed by atoms with Crippen molar-refractivity contribution in [2.75, 3.05) is 26.1 Å². The fraction of sp³-hybridized carbons (Fsp3) is 0.304. The molecular weight excluding hydrogens is 422 g/mol. The molecule has 170 valence electrons. The number of imidazole rings is 1. The van der Waals surface area contributed by atoms with E-state index in [4.69, 9.17) is 25.2 Å². The number of nitrogens with zero attached hydrogens (tertiary/aromatic N) is 5. The third kappa shape index (κ3) is 3.95. The number of nitrogens with one attached hydrogen (secondary N) is 1. The van der Waals surface area contributed by atoms with E-state index >= 15 is 0 Å². The predicted molar refractivity (Wildman–Crippen MR) is 125 cm³/mol. The monoisotopic (exact) mass is 447 g/mol. The Morgan fingerprint density at radius 2 is 2.00 bits per heavy atom. The predicted octanol–water partition coefficient (Wildman–Crippen LogP) is 1.88. The number of amides is 1. The summed E-state index contributed by atoms with van der Waals surface area (Å²) in [5, 5.41) is 3.32. The first kappa shape index (κ1) is 20.8. The number of aromatic nitrogens is 2. The number of hydrogen-bond acceptors (Lipinski definition) is 8. The Labute approximate surface area is 191 Å². The minimum absolute atomic E-state index is 0.154. The van der Waals surface area contributed by atoms with E-state index in [0.717, 1.165) is 17.7 Å². The molecule has 1 aliphatic carbocycles. The van der Waals surface area contributed by atoms with E-state index in [1.54, 1.807) is 20.5 Å². The van der Waals surface area contributed by atoms with Crippen LogP contribution in [-0.4, -0.2) is 65.0 Å².